The Kier molecular flexibility index (Phi) is 3.68. The van der Waals surface area contributed by atoms with Crippen LogP contribution in [0, 0.1) is 6.92 Å². The first-order valence-corrected chi connectivity index (χ1v) is 8.73. The number of hydrogen-bond acceptors (Lipinski definition) is 4. The van der Waals surface area contributed by atoms with Gasteiger partial charge in [0.1, 0.15) is 0 Å². The minimum Gasteiger partial charge on any atom is -0.298 e. The number of aromatic amines is 1. The van der Waals surface area contributed by atoms with Gasteiger partial charge in [-0.1, -0.05) is 0 Å². The molecule has 0 atom stereocenters. The van der Waals surface area contributed by atoms with Gasteiger partial charge in [0, 0.05) is 34.6 Å². The van der Waals surface area contributed by atoms with Crippen LogP contribution in [0.15, 0.2) is 29.8 Å². The van der Waals surface area contributed by atoms with Crippen molar-refractivity contribution in [3.8, 4) is 0 Å². The molecule has 0 saturated carbocycles. The van der Waals surface area contributed by atoms with Crippen molar-refractivity contribution in [2.45, 2.75) is 32.2 Å². The Labute approximate surface area is 134 Å². The molecule has 4 heterocycles. The number of nitrogens with one attached hydrogen (secondary N) is 1. The van der Waals surface area contributed by atoms with Crippen molar-refractivity contribution in [3.05, 3.63) is 45.9 Å². The highest BCUT2D eigenvalue weighted by Crippen LogP contribution is 2.31. The van der Waals surface area contributed by atoms with Crippen LogP contribution in [0.3, 0.4) is 0 Å². The summed E-state index contributed by atoms with van der Waals surface area (Å²) < 4.78 is 0. The van der Waals surface area contributed by atoms with Gasteiger partial charge in [0.15, 0.2) is 5.65 Å². The van der Waals surface area contributed by atoms with E-state index in [-0.39, 0.29) is 0 Å². The summed E-state index contributed by atoms with van der Waals surface area (Å²) in [5, 5.41) is 10.9. The van der Waals surface area contributed by atoms with E-state index >= 15 is 0 Å². The number of pyridine rings is 1. The Hall–Kier alpha value is -1.72. The van der Waals surface area contributed by atoms with Gasteiger partial charge in [-0.25, -0.2) is 4.98 Å². The number of fused-ring (bicyclic) bond motifs is 1. The molecule has 114 valence electrons. The van der Waals surface area contributed by atoms with E-state index in [0.717, 1.165) is 25.3 Å². The molecule has 4 rings (SSSR count). The lowest BCUT2D eigenvalue weighted by Crippen LogP contribution is -2.32. The fourth-order valence-corrected chi connectivity index (χ4v) is 4.28. The van der Waals surface area contributed by atoms with E-state index in [1.165, 1.54) is 34.4 Å². The van der Waals surface area contributed by atoms with Crippen LogP contribution >= 0.6 is 11.3 Å². The second-order valence-corrected chi connectivity index (χ2v) is 7.09. The highest BCUT2D eigenvalue weighted by Gasteiger charge is 2.24. The highest BCUT2D eigenvalue weighted by atomic mass is 32.1. The van der Waals surface area contributed by atoms with Gasteiger partial charge in [-0.15, -0.1) is 11.3 Å². The fraction of sp³-hybridized carbons (Fsp3) is 0.412. The molecule has 1 aliphatic heterocycles. The third-order valence-electron chi connectivity index (χ3n) is 4.69. The molecule has 4 nitrogen and oxygen atoms in total. The Morgan fingerprint density at radius 1 is 1.32 bits per heavy atom. The Bertz CT molecular complexity index is 768. The summed E-state index contributed by atoms with van der Waals surface area (Å²) in [5.41, 5.74) is 3.54. The quantitative estimate of drug-likeness (QED) is 0.802. The molecule has 0 unspecified atom stereocenters. The number of nitrogens with zero attached hydrogens (tertiary/aromatic N) is 3. The summed E-state index contributed by atoms with van der Waals surface area (Å²) in [5.74, 6) is 0.579. The maximum absolute atomic E-state index is 4.34. The first kappa shape index (κ1) is 13.9. The summed E-state index contributed by atoms with van der Waals surface area (Å²) in [7, 11) is 0. The summed E-state index contributed by atoms with van der Waals surface area (Å²) >= 11 is 1.88. The molecule has 1 N–H and O–H groups in total. The van der Waals surface area contributed by atoms with Crippen LogP contribution in [0.4, 0.5) is 0 Å². The van der Waals surface area contributed by atoms with E-state index < -0.39 is 0 Å². The molecule has 0 spiro atoms. The number of piperidine rings is 1. The molecule has 0 radical (unpaired) electrons. The molecule has 0 aliphatic carbocycles. The molecule has 5 heteroatoms. The number of H-pyrrole nitrogens is 1. The number of aromatic nitrogens is 3. The largest absolute Gasteiger partial charge is 0.298 e. The monoisotopic (exact) mass is 312 g/mol. The summed E-state index contributed by atoms with van der Waals surface area (Å²) in [6.07, 6.45) is 4.19. The fourth-order valence-electron chi connectivity index (χ4n) is 3.33. The standard InChI is InChI=1S/C17H20N4S/c1-12-6-10-22-15(12)11-21-8-4-13(5-9-21)16-14-3-2-7-18-17(14)20-19-16/h2-3,6-7,10,13H,4-5,8-9,11H2,1H3,(H,18,19,20). The van der Waals surface area contributed by atoms with Crippen molar-refractivity contribution in [1.82, 2.24) is 20.1 Å². The van der Waals surface area contributed by atoms with Crippen molar-refractivity contribution in [2.24, 2.45) is 0 Å². The summed E-state index contributed by atoms with van der Waals surface area (Å²) in [6.45, 7) is 5.62. The van der Waals surface area contributed by atoms with Crippen LogP contribution in [0.1, 0.15) is 34.9 Å². The highest BCUT2D eigenvalue weighted by molar-refractivity contribution is 7.10. The summed E-state index contributed by atoms with van der Waals surface area (Å²) in [6, 6.07) is 6.34. The second kappa shape index (κ2) is 5.82. The van der Waals surface area contributed by atoms with Gasteiger partial charge in [0.25, 0.3) is 0 Å². The number of aryl methyl sites for hydroxylation is 1. The van der Waals surface area contributed by atoms with Crippen LogP contribution in [-0.4, -0.2) is 33.2 Å². The van der Waals surface area contributed by atoms with E-state index in [1.807, 2.05) is 17.4 Å². The van der Waals surface area contributed by atoms with Crippen molar-refractivity contribution in [2.75, 3.05) is 13.1 Å². The third kappa shape index (κ3) is 2.55. The van der Waals surface area contributed by atoms with Crippen LogP contribution in [0.25, 0.3) is 11.0 Å². The van der Waals surface area contributed by atoms with Gasteiger partial charge in [-0.3, -0.25) is 10.00 Å². The number of likely N-dealkylation sites (tertiary alicyclic amines) is 1. The molecule has 3 aromatic heterocycles. The molecular formula is C17H20N4S. The molecule has 1 saturated heterocycles. The number of hydrogen-bond donors (Lipinski definition) is 1. The average molecular weight is 312 g/mol. The normalized spacial score (nSPS) is 17.3. The van der Waals surface area contributed by atoms with Crippen molar-refractivity contribution < 1.29 is 0 Å². The molecule has 0 bridgehead atoms. The lowest BCUT2D eigenvalue weighted by atomic mass is 9.92. The maximum atomic E-state index is 4.34. The topological polar surface area (TPSA) is 44.8 Å². The zero-order chi connectivity index (χ0) is 14.9. The second-order valence-electron chi connectivity index (χ2n) is 6.09. The van der Waals surface area contributed by atoms with Crippen LogP contribution < -0.4 is 0 Å². The Balaban J connectivity index is 1.44. The summed E-state index contributed by atoms with van der Waals surface area (Å²) in [4.78, 5) is 8.40. The molecule has 0 aromatic carbocycles. The first-order valence-electron chi connectivity index (χ1n) is 7.85. The Morgan fingerprint density at radius 2 is 2.18 bits per heavy atom. The van der Waals surface area contributed by atoms with Gasteiger partial charge in [-0.05, 0) is 62.0 Å². The van der Waals surface area contributed by atoms with Crippen LogP contribution in [-0.2, 0) is 6.54 Å². The lowest BCUT2D eigenvalue weighted by Gasteiger charge is -2.31. The lowest BCUT2D eigenvalue weighted by molar-refractivity contribution is 0.205. The van der Waals surface area contributed by atoms with Crippen LogP contribution in [0.2, 0.25) is 0 Å². The van der Waals surface area contributed by atoms with Gasteiger partial charge >= 0.3 is 0 Å². The maximum Gasteiger partial charge on any atom is 0.181 e. The SMILES string of the molecule is Cc1ccsc1CN1CCC(c2[nH]nc3ncccc23)CC1. The predicted octanol–water partition coefficient (Wildman–Crippen LogP) is 3.71. The zero-order valence-corrected chi connectivity index (χ0v) is 13.6. The minimum atomic E-state index is 0.579. The van der Waals surface area contributed by atoms with Crippen molar-refractivity contribution in [1.29, 1.82) is 0 Å². The van der Waals surface area contributed by atoms with Gasteiger partial charge in [-0.2, -0.15) is 5.10 Å². The van der Waals surface area contributed by atoms with E-state index in [9.17, 15) is 0 Å². The van der Waals surface area contributed by atoms with Gasteiger partial charge in [0.2, 0.25) is 0 Å². The van der Waals surface area contributed by atoms with E-state index in [0.29, 0.717) is 5.92 Å². The van der Waals surface area contributed by atoms with E-state index in [2.05, 4.69) is 44.5 Å². The zero-order valence-electron chi connectivity index (χ0n) is 12.7. The number of rotatable bonds is 3. The average Bonchev–Trinajstić information content (AvgIpc) is 3.15. The molecule has 1 aliphatic rings. The van der Waals surface area contributed by atoms with Gasteiger partial charge in [0.05, 0.1) is 0 Å². The molecule has 3 aromatic rings. The third-order valence-corrected chi connectivity index (χ3v) is 5.70. The van der Waals surface area contributed by atoms with Crippen molar-refractivity contribution in [3.63, 3.8) is 0 Å². The minimum absolute atomic E-state index is 0.579. The number of thiophene rings is 1. The van der Waals surface area contributed by atoms with Gasteiger partial charge < -0.3 is 0 Å². The first-order chi connectivity index (χ1) is 10.8. The smallest absolute Gasteiger partial charge is 0.181 e. The molecule has 22 heavy (non-hydrogen) atoms. The molecule has 0 amide bonds. The van der Waals surface area contributed by atoms with E-state index in [1.54, 1.807) is 6.20 Å². The molecule has 1 fully saturated rings. The van der Waals surface area contributed by atoms with E-state index in [4.69, 9.17) is 0 Å². The van der Waals surface area contributed by atoms with Crippen LogP contribution in [0.5, 0.6) is 0 Å². The Morgan fingerprint density at radius 3 is 2.95 bits per heavy atom. The predicted molar refractivity (Wildman–Crippen MR) is 90.2 cm³/mol. The molecular weight excluding hydrogens is 292 g/mol. The van der Waals surface area contributed by atoms with Crippen molar-refractivity contribution >= 4 is 22.4 Å².